The topological polar surface area (TPSA) is 29.5 Å². The molecule has 2 heteroatoms. The number of benzene rings is 2. The number of hydrogen-bond acceptors (Lipinski definition) is 2. The molecule has 1 unspecified atom stereocenters. The first kappa shape index (κ1) is 15.6. The number of aliphatic hydroxyl groups is 1. The summed E-state index contributed by atoms with van der Waals surface area (Å²) in [4.78, 5) is 0. The molecule has 0 saturated carbocycles. The summed E-state index contributed by atoms with van der Waals surface area (Å²) in [6.45, 7) is 8.81. The SMILES string of the molecule is Cc1ccc(C(O)COc2cccc(C(C)(C)C)c2)cc1. The van der Waals surface area contributed by atoms with Crippen LogP contribution < -0.4 is 4.74 Å². The fraction of sp³-hybridized carbons (Fsp3) is 0.368. The highest BCUT2D eigenvalue weighted by Crippen LogP contribution is 2.26. The molecule has 0 fully saturated rings. The zero-order chi connectivity index (χ0) is 15.5. The zero-order valence-corrected chi connectivity index (χ0v) is 13.3. The molecule has 1 N–H and O–H groups in total. The standard InChI is InChI=1S/C19H24O2/c1-14-8-10-15(11-9-14)18(20)13-21-17-7-5-6-16(12-17)19(2,3)4/h5-12,18,20H,13H2,1-4H3. The molecule has 0 bridgehead atoms. The van der Waals surface area contributed by atoms with Gasteiger partial charge in [0.05, 0.1) is 0 Å². The van der Waals surface area contributed by atoms with Crippen molar-refractivity contribution in [1.82, 2.24) is 0 Å². The lowest BCUT2D eigenvalue weighted by Gasteiger charge is -2.20. The van der Waals surface area contributed by atoms with Crippen LogP contribution in [0.4, 0.5) is 0 Å². The summed E-state index contributed by atoms with van der Waals surface area (Å²) in [5, 5.41) is 10.2. The summed E-state index contributed by atoms with van der Waals surface area (Å²) < 4.78 is 5.74. The first-order chi connectivity index (χ1) is 9.86. The van der Waals surface area contributed by atoms with Crippen LogP contribution in [0.3, 0.4) is 0 Å². The maximum absolute atomic E-state index is 10.2. The molecule has 0 saturated heterocycles. The Morgan fingerprint density at radius 1 is 1.05 bits per heavy atom. The van der Waals surface area contributed by atoms with E-state index in [1.807, 2.05) is 49.4 Å². The van der Waals surface area contributed by atoms with Crippen LogP contribution >= 0.6 is 0 Å². The van der Waals surface area contributed by atoms with E-state index in [1.165, 1.54) is 11.1 Å². The van der Waals surface area contributed by atoms with Crippen LogP contribution in [-0.4, -0.2) is 11.7 Å². The van der Waals surface area contributed by atoms with Crippen molar-refractivity contribution >= 4 is 0 Å². The molecule has 2 aromatic carbocycles. The Labute approximate surface area is 127 Å². The summed E-state index contributed by atoms with van der Waals surface area (Å²) in [6.07, 6.45) is -0.608. The van der Waals surface area contributed by atoms with Crippen molar-refractivity contribution in [3.05, 3.63) is 65.2 Å². The molecule has 112 valence electrons. The van der Waals surface area contributed by atoms with Gasteiger partial charge < -0.3 is 9.84 Å². The second-order valence-electron chi connectivity index (χ2n) is 6.52. The van der Waals surface area contributed by atoms with Gasteiger partial charge >= 0.3 is 0 Å². The monoisotopic (exact) mass is 284 g/mol. The van der Waals surface area contributed by atoms with E-state index in [0.29, 0.717) is 0 Å². The van der Waals surface area contributed by atoms with Gasteiger partial charge in [-0.1, -0.05) is 62.7 Å². The van der Waals surface area contributed by atoms with Crippen LogP contribution in [0.5, 0.6) is 5.75 Å². The van der Waals surface area contributed by atoms with Gasteiger partial charge in [-0.15, -0.1) is 0 Å². The maximum atomic E-state index is 10.2. The Morgan fingerprint density at radius 3 is 2.33 bits per heavy atom. The van der Waals surface area contributed by atoms with Crippen molar-refractivity contribution in [2.45, 2.75) is 39.2 Å². The van der Waals surface area contributed by atoms with Gasteiger partial charge in [-0.3, -0.25) is 0 Å². The molecule has 0 aliphatic rings. The van der Waals surface area contributed by atoms with E-state index in [9.17, 15) is 5.11 Å². The highest BCUT2D eigenvalue weighted by Gasteiger charge is 2.14. The fourth-order valence-corrected chi connectivity index (χ4v) is 2.11. The quantitative estimate of drug-likeness (QED) is 0.901. The number of hydrogen-bond donors (Lipinski definition) is 1. The molecular formula is C19H24O2. The maximum Gasteiger partial charge on any atom is 0.119 e. The zero-order valence-electron chi connectivity index (χ0n) is 13.3. The molecule has 0 heterocycles. The number of rotatable bonds is 4. The lowest BCUT2D eigenvalue weighted by atomic mass is 9.87. The molecule has 0 aromatic heterocycles. The third-order valence-electron chi connectivity index (χ3n) is 3.57. The summed E-state index contributed by atoms with van der Waals surface area (Å²) in [7, 11) is 0. The molecule has 2 nitrogen and oxygen atoms in total. The largest absolute Gasteiger partial charge is 0.491 e. The number of aliphatic hydroxyl groups excluding tert-OH is 1. The summed E-state index contributed by atoms with van der Waals surface area (Å²) >= 11 is 0. The predicted octanol–water partition coefficient (Wildman–Crippen LogP) is 4.40. The number of ether oxygens (including phenoxy) is 1. The van der Waals surface area contributed by atoms with Gasteiger partial charge in [0.15, 0.2) is 0 Å². The summed E-state index contributed by atoms with van der Waals surface area (Å²) in [5.41, 5.74) is 3.39. The van der Waals surface area contributed by atoms with Crippen LogP contribution in [0.2, 0.25) is 0 Å². The summed E-state index contributed by atoms with van der Waals surface area (Å²) in [5.74, 6) is 0.800. The van der Waals surface area contributed by atoms with Crippen LogP contribution in [0.25, 0.3) is 0 Å². The fourth-order valence-electron chi connectivity index (χ4n) is 2.11. The van der Waals surface area contributed by atoms with E-state index < -0.39 is 6.10 Å². The highest BCUT2D eigenvalue weighted by atomic mass is 16.5. The molecule has 0 aliphatic carbocycles. The van der Waals surface area contributed by atoms with Crippen LogP contribution in [0.1, 0.15) is 43.6 Å². The van der Waals surface area contributed by atoms with E-state index in [2.05, 4.69) is 26.8 Å². The Balaban J connectivity index is 2.01. The van der Waals surface area contributed by atoms with Crippen molar-refractivity contribution in [3.8, 4) is 5.75 Å². The van der Waals surface area contributed by atoms with Gasteiger partial charge in [0.25, 0.3) is 0 Å². The second kappa shape index (κ2) is 6.31. The van der Waals surface area contributed by atoms with E-state index in [0.717, 1.165) is 11.3 Å². The van der Waals surface area contributed by atoms with E-state index >= 15 is 0 Å². The molecule has 0 aliphatic heterocycles. The first-order valence-electron chi connectivity index (χ1n) is 7.34. The molecule has 0 amide bonds. The smallest absolute Gasteiger partial charge is 0.119 e. The highest BCUT2D eigenvalue weighted by molar-refractivity contribution is 5.32. The third-order valence-corrected chi connectivity index (χ3v) is 3.57. The van der Waals surface area contributed by atoms with Crippen molar-refractivity contribution < 1.29 is 9.84 Å². The normalized spacial score (nSPS) is 13.0. The average Bonchev–Trinajstić information content (AvgIpc) is 2.45. The lowest BCUT2D eigenvalue weighted by Crippen LogP contribution is -2.12. The number of aryl methyl sites for hydroxylation is 1. The second-order valence-corrected chi connectivity index (χ2v) is 6.52. The molecular weight excluding hydrogens is 260 g/mol. The molecule has 1 atom stereocenters. The van der Waals surface area contributed by atoms with Crippen LogP contribution in [0.15, 0.2) is 48.5 Å². The van der Waals surface area contributed by atoms with E-state index in [1.54, 1.807) is 0 Å². The Morgan fingerprint density at radius 2 is 1.71 bits per heavy atom. The Hall–Kier alpha value is -1.80. The lowest BCUT2D eigenvalue weighted by molar-refractivity contribution is 0.108. The average molecular weight is 284 g/mol. The first-order valence-corrected chi connectivity index (χ1v) is 7.34. The van der Waals surface area contributed by atoms with Crippen LogP contribution in [-0.2, 0) is 5.41 Å². The Kier molecular flexibility index (Phi) is 4.69. The van der Waals surface area contributed by atoms with E-state index in [4.69, 9.17) is 4.74 Å². The minimum Gasteiger partial charge on any atom is -0.491 e. The van der Waals surface area contributed by atoms with Gasteiger partial charge in [0.2, 0.25) is 0 Å². The molecule has 21 heavy (non-hydrogen) atoms. The minimum atomic E-state index is -0.608. The molecule has 0 spiro atoms. The van der Waals surface area contributed by atoms with Gasteiger partial charge in [0, 0.05) is 0 Å². The van der Waals surface area contributed by atoms with Crippen LogP contribution in [0, 0.1) is 6.92 Å². The third kappa shape index (κ3) is 4.33. The van der Waals surface area contributed by atoms with Gasteiger partial charge in [0.1, 0.15) is 18.5 Å². The van der Waals surface area contributed by atoms with Crippen molar-refractivity contribution in [1.29, 1.82) is 0 Å². The molecule has 2 aromatic rings. The van der Waals surface area contributed by atoms with Gasteiger partial charge in [-0.2, -0.15) is 0 Å². The molecule has 0 radical (unpaired) electrons. The minimum absolute atomic E-state index is 0.0922. The van der Waals surface area contributed by atoms with E-state index in [-0.39, 0.29) is 12.0 Å². The Bertz CT molecular complexity index is 579. The van der Waals surface area contributed by atoms with Crippen molar-refractivity contribution in [2.24, 2.45) is 0 Å². The summed E-state index contributed by atoms with van der Waals surface area (Å²) in [6, 6.07) is 15.9. The molecule has 2 rings (SSSR count). The van der Waals surface area contributed by atoms with Gasteiger partial charge in [-0.25, -0.2) is 0 Å². The van der Waals surface area contributed by atoms with Gasteiger partial charge in [-0.05, 0) is 35.6 Å². The van der Waals surface area contributed by atoms with Crippen molar-refractivity contribution in [3.63, 3.8) is 0 Å². The predicted molar refractivity (Wildman–Crippen MR) is 86.8 cm³/mol. The van der Waals surface area contributed by atoms with Crippen molar-refractivity contribution in [2.75, 3.05) is 6.61 Å².